The lowest BCUT2D eigenvalue weighted by Gasteiger charge is -2.09. The summed E-state index contributed by atoms with van der Waals surface area (Å²) in [5.74, 6) is 1.68. The number of aromatic nitrogens is 3. The highest BCUT2D eigenvalue weighted by molar-refractivity contribution is 5.65. The molecular weight excluding hydrogens is 202 g/mol. The van der Waals surface area contributed by atoms with Crippen LogP contribution in [0.1, 0.15) is 12.5 Å². The van der Waals surface area contributed by atoms with Gasteiger partial charge in [0.25, 0.3) is 0 Å². The van der Waals surface area contributed by atoms with E-state index in [2.05, 4.69) is 30.1 Å². The summed E-state index contributed by atoms with van der Waals surface area (Å²) in [4.78, 5) is 0. The fourth-order valence-corrected chi connectivity index (χ4v) is 1.69. The Balaban J connectivity index is 2.58. The molecule has 0 aliphatic heterocycles. The summed E-state index contributed by atoms with van der Waals surface area (Å²) in [7, 11) is 1.67. The molecule has 2 aromatic rings. The molecule has 2 rings (SSSR count). The van der Waals surface area contributed by atoms with E-state index < -0.39 is 0 Å². The first-order valence-electron chi connectivity index (χ1n) is 5.29. The molecule has 84 valence electrons. The molecular formula is C12H15N3O. The minimum atomic E-state index is 0.827. The third-order valence-electron chi connectivity index (χ3n) is 2.55. The summed E-state index contributed by atoms with van der Waals surface area (Å²) in [6.45, 7) is 4.96. The first-order chi connectivity index (χ1) is 7.76. The number of aryl methyl sites for hydroxylation is 2. The minimum absolute atomic E-state index is 0.827. The predicted molar refractivity (Wildman–Crippen MR) is 62.4 cm³/mol. The van der Waals surface area contributed by atoms with Crippen molar-refractivity contribution in [3.05, 3.63) is 30.1 Å². The fourth-order valence-electron chi connectivity index (χ4n) is 1.69. The lowest BCUT2D eigenvalue weighted by molar-refractivity contribution is 0.415. The molecule has 0 fully saturated rings. The lowest BCUT2D eigenvalue weighted by atomic mass is 10.1. The zero-order chi connectivity index (χ0) is 11.5. The van der Waals surface area contributed by atoms with Crippen LogP contribution >= 0.6 is 0 Å². The van der Waals surface area contributed by atoms with Crippen LogP contribution < -0.4 is 4.74 Å². The van der Waals surface area contributed by atoms with Gasteiger partial charge in [-0.15, -0.1) is 10.2 Å². The molecule has 0 N–H and O–H groups in total. The molecule has 0 radical (unpaired) electrons. The molecule has 4 nitrogen and oxygen atoms in total. The topological polar surface area (TPSA) is 39.9 Å². The molecule has 1 aromatic heterocycles. The Labute approximate surface area is 94.9 Å². The molecule has 0 saturated carbocycles. The Morgan fingerprint density at radius 3 is 2.88 bits per heavy atom. The van der Waals surface area contributed by atoms with Crippen molar-refractivity contribution >= 4 is 0 Å². The summed E-state index contributed by atoms with van der Waals surface area (Å²) >= 11 is 0. The number of nitrogens with zero attached hydrogens (tertiary/aromatic N) is 3. The molecule has 0 amide bonds. The van der Waals surface area contributed by atoms with Crippen LogP contribution in [0.3, 0.4) is 0 Å². The van der Waals surface area contributed by atoms with Gasteiger partial charge in [-0.1, -0.05) is 11.6 Å². The quantitative estimate of drug-likeness (QED) is 0.791. The van der Waals surface area contributed by atoms with Crippen molar-refractivity contribution in [2.24, 2.45) is 0 Å². The van der Waals surface area contributed by atoms with Crippen molar-refractivity contribution in [1.29, 1.82) is 0 Å². The largest absolute Gasteiger partial charge is 0.496 e. The predicted octanol–water partition coefficient (Wildman–Crippen LogP) is 2.28. The number of hydrogen-bond acceptors (Lipinski definition) is 3. The molecule has 0 bridgehead atoms. The SMILES string of the molecule is CCn1cnnc1-c1cc(C)ccc1OC. The summed E-state index contributed by atoms with van der Waals surface area (Å²) in [5, 5.41) is 8.07. The standard InChI is InChI=1S/C12H15N3O/c1-4-15-8-13-14-12(15)10-7-9(2)5-6-11(10)16-3/h5-8H,4H2,1-3H3. The Morgan fingerprint density at radius 2 is 2.19 bits per heavy atom. The summed E-state index contributed by atoms with van der Waals surface area (Å²) in [5.41, 5.74) is 2.17. The maximum atomic E-state index is 5.34. The van der Waals surface area contributed by atoms with Gasteiger partial charge in [-0.05, 0) is 26.0 Å². The van der Waals surface area contributed by atoms with Crippen molar-refractivity contribution < 1.29 is 4.74 Å². The number of rotatable bonds is 3. The van der Waals surface area contributed by atoms with Gasteiger partial charge in [0.15, 0.2) is 5.82 Å². The highest BCUT2D eigenvalue weighted by Crippen LogP contribution is 2.29. The Morgan fingerprint density at radius 1 is 1.38 bits per heavy atom. The van der Waals surface area contributed by atoms with Crippen LogP contribution in [0.4, 0.5) is 0 Å². The van der Waals surface area contributed by atoms with Crippen molar-refractivity contribution in [2.75, 3.05) is 7.11 Å². The second-order valence-electron chi connectivity index (χ2n) is 3.64. The van der Waals surface area contributed by atoms with Gasteiger partial charge in [-0.25, -0.2) is 0 Å². The van der Waals surface area contributed by atoms with E-state index in [1.54, 1.807) is 13.4 Å². The number of benzene rings is 1. The molecule has 16 heavy (non-hydrogen) atoms. The van der Waals surface area contributed by atoms with Gasteiger partial charge >= 0.3 is 0 Å². The molecule has 0 saturated heterocycles. The summed E-state index contributed by atoms with van der Waals surface area (Å²) < 4.78 is 7.34. The summed E-state index contributed by atoms with van der Waals surface area (Å²) in [6.07, 6.45) is 1.73. The van der Waals surface area contributed by atoms with Crippen molar-refractivity contribution in [1.82, 2.24) is 14.8 Å². The van der Waals surface area contributed by atoms with Crippen molar-refractivity contribution in [2.45, 2.75) is 20.4 Å². The van der Waals surface area contributed by atoms with Crippen LogP contribution in [0.25, 0.3) is 11.4 Å². The lowest BCUT2D eigenvalue weighted by Crippen LogP contribution is -1.98. The molecule has 1 aromatic carbocycles. The normalized spacial score (nSPS) is 10.4. The smallest absolute Gasteiger partial charge is 0.167 e. The third kappa shape index (κ3) is 1.78. The van der Waals surface area contributed by atoms with Crippen molar-refractivity contribution in [3.8, 4) is 17.1 Å². The van der Waals surface area contributed by atoms with Crippen molar-refractivity contribution in [3.63, 3.8) is 0 Å². The highest BCUT2D eigenvalue weighted by Gasteiger charge is 2.11. The second kappa shape index (κ2) is 4.35. The molecule has 0 aliphatic rings. The van der Waals surface area contributed by atoms with E-state index in [0.717, 1.165) is 23.7 Å². The Bertz CT molecular complexity index is 491. The Kier molecular flexibility index (Phi) is 2.90. The third-order valence-corrected chi connectivity index (χ3v) is 2.55. The van der Waals surface area contributed by atoms with Crippen LogP contribution in [0.15, 0.2) is 24.5 Å². The van der Waals surface area contributed by atoms with E-state index in [1.807, 2.05) is 16.7 Å². The zero-order valence-corrected chi connectivity index (χ0v) is 9.77. The van der Waals surface area contributed by atoms with E-state index >= 15 is 0 Å². The molecule has 0 spiro atoms. The Hall–Kier alpha value is -1.84. The van der Waals surface area contributed by atoms with Crippen LogP contribution in [0.2, 0.25) is 0 Å². The van der Waals surface area contributed by atoms with Gasteiger partial charge in [-0.2, -0.15) is 0 Å². The number of hydrogen-bond donors (Lipinski definition) is 0. The monoisotopic (exact) mass is 217 g/mol. The number of ether oxygens (including phenoxy) is 1. The van der Waals surface area contributed by atoms with Gasteiger partial charge in [0.2, 0.25) is 0 Å². The van der Waals surface area contributed by atoms with Crippen LogP contribution in [-0.4, -0.2) is 21.9 Å². The van der Waals surface area contributed by atoms with E-state index in [1.165, 1.54) is 5.56 Å². The fraction of sp³-hybridized carbons (Fsp3) is 0.333. The molecule has 0 unspecified atom stereocenters. The van der Waals surface area contributed by atoms with Gasteiger partial charge < -0.3 is 9.30 Å². The number of methoxy groups -OCH3 is 1. The molecule has 4 heteroatoms. The average molecular weight is 217 g/mol. The first kappa shape index (κ1) is 10.7. The molecule has 0 atom stereocenters. The van der Waals surface area contributed by atoms with Crippen LogP contribution in [0.5, 0.6) is 5.75 Å². The van der Waals surface area contributed by atoms with Crippen LogP contribution in [0, 0.1) is 6.92 Å². The zero-order valence-electron chi connectivity index (χ0n) is 9.77. The maximum Gasteiger partial charge on any atom is 0.167 e. The molecule has 1 heterocycles. The second-order valence-corrected chi connectivity index (χ2v) is 3.64. The maximum absolute atomic E-state index is 5.34. The van der Waals surface area contributed by atoms with Gasteiger partial charge in [-0.3, -0.25) is 0 Å². The first-order valence-corrected chi connectivity index (χ1v) is 5.29. The van der Waals surface area contributed by atoms with Crippen LogP contribution in [-0.2, 0) is 6.54 Å². The average Bonchev–Trinajstić information content (AvgIpc) is 2.76. The highest BCUT2D eigenvalue weighted by atomic mass is 16.5. The van der Waals surface area contributed by atoms with Gasteiger partial charge in [0, 0.05) is 6.54 Å². The van der Waals surface area contributed by atoms with Gasteiger partial charge in [0.1, 0.15) is 12.1 Å². The summed E-state index contributed by atoms with van der Waals surface area (Å²) in [6, 6.07) is 6.04. The molecule has 0 aliphatic carbocycles. The van der Waals surface area contributed by atoms with E-state index in [4.69, 9.17) is 4.74 Å². The van der Waals surface area contributed by atoms with E-state index in [0.29, 0.717) is 0 Å². The van der Waals surface area contributed by atoms with E-state index in [9.17, 15) is 0 Å². The minimum Gasteiger partial charge on any atom is -0.496 e. The van der Waals surface area contributed by atoms with Gasteiger partial charge in [0.05, 0.1) is 12.7 Å². The van der Waals surface area contributed by atoms with E-state index in [-0.39, 0.29) is 0 Å².